The highest BCUT2D eigenvalue weighted by Crippen LogP contribution is 2.30. The Bertz CT molecular complexity index is 518. The number of carbonyl (C=O) groups is 2. The highest BCUT2D eigenvalue weighted by Gasteiger charge is 2.39. The van der Waals surface area contributed by atoms with Crippen molar-refractivity contribution in [2.24, 2.45) is 11.1 Å². The molecular weight excluding hydrogens is 278 g/mol. The van der Waals surface area contributed by atoms with E-state index in [1.807, 2.05) is 37.3 Å². The minimum absolute atomic E-state index is 0.00119. The molecule has 1 aliphatic heterocycles. The van der Waals surface area contributed by atoms with Crippen LogP contribution in [0.5, 0.6) is 0 Å². The standard InChI is InChI=1S/C17H25N3O2/c1-17(16(22)19-11-6-10-18)9-5-12-20(13-17)15(21)14-7-3-2-4-8-14/h2-4,7-8H,5-6,9-13,18H2,1H3,(H,19,22). The number of benzene rings is 1. The molecule has 0 bridgehead atoms. The molecule has 0 saturated carbocycles. The van der Waals surface area contributed by atoms with E-state index in [4.69, 9.17) is 5.73 Å². The summed E-state index contributed by atoms with van der Waals surface area (Å²) in [4.78, 5) is 26.8. The Morgan fingerprint density at radius 1 is 1.32 bits per heavy atom. The van der Waals surface area contributed by atoms with Crippen molar-refractivity contribution < 1.29 is 9.59 Å². The molecule has 1 unspecified atom stereocenters. The van der Waals surface area contributed by atoms with Crippen LogP contribution in [-0.4, -0.2) is 42.9 Å². The second kappa shape index (κ2) is 7.40. The largest absolute Gasteiger partial charge is 0.356 e. The number of amides is 2. The molecule has 5 nitrogen and oxygen atoms in total. The molecule has 22 heavy (non-hydrogen) atoms. The van der Waals surface area contributed by atoms with E-state index in [9.17, 15) is 9.59 Å². The van der Waals surface area contributed by atoms with Crippen molar-refractivity contribution in [1.29, 1.82) is 0 Å². The van der Waals surface area contributed by atoms with Crippen LogP contribution >= 0.6 is 0 Å². The van der Waals surface area contributed by atoms with E-state index in [1.54, 1.807) is 4.90 Å². The number of likely N-dealkylation sites (tertiary alicyclic amines) is 1. The molecule has 2 rings (SSSR count). The van der Waals surface area contributed by atoms with E-state index < -0.39 is 5.41 Å². The molecular formula is C17H25N3O2. The summed E-state index contributed by atoms with van der Waals surface area (Å²) in [6, 6.07) is 9.24. The Hall–Kier alpha value is -1.88. The summed E-state index contributed by atoms with van der Waals surface area (Å²) in [5.41, 5.74) is 5.61. The Morgan fingerprint density at radius 3 is 2.73 bits per heavy atom. The quantitative estimate of drug-likeness (QED) is 0.807. The predicted octanol–water partition coefficient (Wildman–Crippen LogP) is 1.39. The Balaban J connectivity index is 2.01. The second-order valence-electron chi connectivity index (χ2n) is 6.16. The lowest BCUT2D eigenvalue weighted by molar-refractivity contribution is -0.132. The third-order valence-electron chi connectivity index (χ3n) is 4.22. The van der Waals surface area contributed by atoms with Gasteiger partial charge in [-0.05, 0) is 44.9 Å². The molecule has 1 saturated heterocycles. The van der Waals surface area contributed by atoms with Crippen molar-refractivity contribution >= 4 is 11.8 Å². The van der Waals surface area contributed by atoms with Crippen LogP contribution < -0.4 is 11.1 Å². The fourth-order valence-corrected chi connectivity index (χ4v) is 2.88. The van der Waals surface area contributed by atoms with Crippen LogP contribution in [-0.2, 0) is 4.79 Å². The van der Waals surface area contributed by atoms with Gasteiger partial charge in [-0.15, -0.1) is 0 Å². The first-order chi connectivity index (χ1) is 10.6. The first kappa shape index (κ1) is 16.5. The lowest BCUT2D eigenvalue weighted by atomic mass is 9.80. The lowest BCUT2D eigenvalue weighted by Gasteiger charge is -2.39. The van der Waals surface area contributed by atoms with Gasteiger partial charge in [0.2, 0.25) is 5.91 Å². The highest BCUT2D eigenvalue weighted by molar-refractivity contribution is 5.95. The van der Waals surface area contributed by atoms with Crippen molar-refractivity contribution in [2.45, 2.75) is 26.2 Å². The molecule has 1 aromatic carbocycles. The van der Waals surface area contributed by atoms with E-state index in [0.29, 0.717) is 31.7 Å². The molecule has 3 N–H and O–H groups in total. The SMILES string of the molecule is CC1(C(=O)NCCCN)CCCN(C(=O)c2ccccc2)C1. The molecule has 120 valence electrons. The van der Waals surface area contributed by atoms with Crippen molar-refractivity contribution in [1.82, 2.24) is 10.2 Å². The number of nitrogens with zero attached hydrogens (tertiary/aromatic N) is 1. The smallest absolute Gasteiger partial charge is 0.253 e. The van der Waals surface area contributed by atoms with E-state index in [1.165, 1.54) is 0 Å². The molecule has 0 aliphatic carbocycles. The van der Waals surface area contributed by atoms with Crippen LogP contribution in [0.1, 0.15) is 36.5 Å². The minimum Gasteiger partial charge on any atom is -0.356 e. The van der Waals surface area contributed by atoms with Crippen LogP contribution in [0, 0.1) is 5.41 Å². The number of carbonyl (C=O) groups excluding carboxylic acids is 2. The third-order valence-corrected chi connectivity index (χ3v) is 4.22. The van der Waals surface area contributed by atoms with Gasteiger partial charge in [0.15, 0.2) is 0 Å². The molecule has 2 amide bonds. The van der Waals surface area contributed by atoms with E-state index >= 15 is 0 Å². The molecule has 5 heteroatoms. The van der Waals surface area contributed by atoms with Gasteiger partial charge in [-0.25, -0.2) is 0 Å². The van der Waals surface area contributed by atoms with Crippen molar-refractivity contribution in [3.05, 3.63) is 35.9 Å². The summed E-state index contributed by atoms with van der Waals surface area (Å²) >= 11 is 0. The fraction of sp³-hybridized carbons (Fsp3) is 0.529. The maximum absolute atomic E-state index is 12.5. The van der Waals surface area contributed by atoms with Crippen LogP contribution in [0.4, 0.5) is 0 Å². The Morgan fingerprint density at radius 2 is 2.05 bits per heavy atom. The van der Waals surface area contributed by atoms with Gasteiger partial charge in [-0.2, -0.15) is 0 Å². The first-order valence-electron chi connectivity index (χ1n) is 7.89. The van der Waals surface area contributed by atoms with E-state index in [2.05, 4.69) is 5.32 Å². The maximum Gasteiger partial charge on any atom is 0.253 e. The van der Waals surface area contributed by atoms with Crippen LogP contribution in [0.25, 0.3) is 0 Å². The summed E-state index contributed by atoms with van der Waals surface area (Å²) in [5.74, 6) is 0.0211. The topological polar surface area (TPSA) is 75.4 Å². The van der Waals surface area contributed by atoms with E-state index in [-0.39, 0.29) is 11.8 Å². The molecule has 0 spiro atoms. The zero-order valence-electron chi connectivity index (χ0n) is 13.2. The van der Waals surface area contributed by atoms with Gasteiger partial charge in [-0.3, -0.25) is 9.59 Å². The normalized spacial score (nSPS) is 21.5. The van der Waals surface area contributed by atoms with Gasteiger partial charge >= 0.3 is 0 Å². The average molecular weight is 303 g/mol. The first-order valence-corrected chi connectivity index (χ1v) is 7.89. The number of hydrogen-bond donors (Lipinski definition) is 2. The summed E-state index contributed by atoms with van der Waals surface area (Å²) in [6.45, 7) is 4.27. The molecule has 1 aromatic rings. The number of nitrogens with two attached hydrogens (primary N) is 1. The maximum atomic E-state index is 12.5. The summed E-state index contributed by atoms with van der Waals surface area (Å²) in [7, 11) is 0. The van der Waals surface area contributed by atoms with Gasteiger partial charge < -0.3 is 16.0 Å². The van der Waals surface area contributed by atoms with Crippen LogP contribution in [0.15, 0.2) is 30.3 Å². The molecule has 1 fully saturated rings. The summed E-state index contributed by atoms with van der Waals surface area (Å²) < 4.78 is 0. The zero-order chi connectivity index (χ0) is 16.0. The molecule has 0 aromatic heterocycles. The highest BCUT2D eigenvalue weighted by atomic mass is 16.2. The second-order valence-corrected chi connectivity index (χ2v) is 6.16. The van der Waals surface area contributed by atoms with E-state index in [0.717, 1.165) is 19.3 Å². The lowest BCUT2D eigenvalue weighted by Crippen LogP contribution is -2.52. The molecule has 1 heterocycles. The number of nitrogens with one attached hydrogen (secondary N) is 1. The molecule has 0 radical (unpaired) electrons. The van der Waals surface area contributed by atoms with Crippen LogP contribution in [0.3, 0.4) is 0 Å². The van der Waals surface area contributed by atoms with Crippen molar-refractivity contribution in [2.75, 3.05) is 26.2 Å². The number of hydrogen-bond acceptors (Lipinski definition) is 3. The third kappa shape index (κ3) is 3.85. The Labute approximate surface area is 131 Å². The van der Waals surface area contributed by atoms with Crippen molar-refractivity contribution in [3.63, 3.8) is 0 Å². The Kier molecular flexibility index (Phi) is 5.55. The van der Waals surface area contributed by atoms with Gasteiger partial charge in [0.25, 0.3) is 5.91 Å². The van der Waals surface area contributed by atoms with Crippen molar-refractivity contribution in [3.8, 4) is 0 Å². The average Bonchev–Trinajstić information content (AvgIpc) is 2.55. The number of piperidine rings is 1. The summed E-state index contributed by atoms with van der Waals surface area (Å²) in [5, 5.41) is 2.94. The van der Waals surface area contributed by atoms with Gasteiger partial charge in [0.05, 0.1) is 5.41 Å². The van der Waals surface area contributed by atoms with Gasteiger partial charge in [0, 0.05) is 25.2 Å². The fourth-order valence-electron chi connectivity index (χ4n) is 2.88. The van der Waals surface area contributed by atoms with Gasteiger partial charge in [0.1, 0.15) is 0 Å². The predicted molar refractivity (Wildman–Crippen MR) is 86.4 cm³/mol. The number of rotatable bonds is 5. The minimum atomic E-state index is -0.517. The molecule has 1 atom stereocenters. The monoisotopic (exact) mass is 303 g/mol. The zero-order valence-corrected chi connectivity index (χ0v) is 13.2. The summed E-state index contributed by atoms with van der Waals surface area (Å²) in [6.07, 6.45) is 2.42. The molecule has 1 aliphatic rings. The van der Waals surface area contributed by atoms with Gasteiger partial charge in [-0.1, -0.05) is 18.2 Å². The van der Waals surface area contributed by atoms with Crippen LogP contribution in [0.2, 0.25) is 0 Å².